The highest BCUT2D eigenvalue weighted by atomic mass is 35.5. The van der Waals surface area contributed by atoms with Crippen LogP contribution in [0.25, 0.3) is 70.9 Å². The smallest absolute Gasteiger partial charge is 0.0541 e. The van der Waals surface area contributed by atoms with E-state index in [0.717, 1.165) is 10.4 Å². The van der Waals surface area contributed by atoms with Gasteiger partial charge in [-0.1, -0.05) is 103 Å². The Morgan fingerprint density at radius 3 is 1.79 bits per heavy atom. The third kappa shape index (κ3) is 3.06. The predicted octanol–water partition coefficient (Wildman–Crippen LogP) is 10.6. The van der Waals surface area contributed by atoms with Gasteiger partial charge in [-0.05, 0) is 80.5 Å². The lowest BCUT2D eigenvalue weighted by Crippen LogP contribution is -1.92. The number of hydrogen-bond donors (Lipinski definition) is 0. The van der Waals surface area contributed by atoms with Crippen LogP contribution in [0.5, 0.6) is 0 Å². The van der Waals surface area contributed by atoms with E-state index in [1.807, 2.05) is 12.1 Å². The molecular weight excluding hydrogens is 482 g/mol. The highest BCUT2D eigenvalue weighted by Gasteiger charge is 2.15. The van der Waals surface area contributed by atoms with E-state index in [-0.39, 0.29) is 0 Å². The second-order valence-corrected chi connectivity index (χ2v) is 10.3. The molecule has 0 amide bonds. The fraction of sp³-hybridized carbons (Fsp3) is 0. The van der Waals surface area contributed by atoms with E-state index in [9.17, 15) is 0 Å². The molecular formula is C36H22ClN. The molecule has 0 radical (unpaired) electrons. The van der Waals surface area contributed by atoms with Gasteiger partial charge in [0.1, 0.15) is 0 Å². The van der Waals surface area contributed by atoms with E-state index in [2.05, 4.69) is 126 Å². The van der Waals surface area contributed by atoms with E-state index in [1.54, 1.807) is 0 Å². The quantitative estimate of drug-likeness (QED) is 0.207. The third-order valence-electron chi connectivity index (χ3n) is 7.83. The average molecular weight is 504 g/mol. The molecule has 1 heterocycles. The lowest BCUT2D eigenvalue weighted by Gasteiger charge is -2.13. The minimum absolute atomic E-state index is 0.789. The Morgan fingerprint density at radius 2 is 0.974 bits per heavy atom. The summed E-state index contributed by atoms with van der Waals surface area (Å²) in [5, 5.41) is 10.5. The van der Waals surface area contributed by atoms with Crippen molar-refractivity contribution in [3.63, 3.8) is 0 Å². The fourth-order valence-corrected chi connectivity index (χ4v) is 6.42. The Hall–Kier alpha value is -4.59. The Balaban J connectivity index is 1.42. The fourth-order valence-electron chi connectivity index (χ4n) is 6.15. The lowest BCUT2D eigenvalue weighted by atomic mass is 9.92. The van der Waals surface area contributed by atoms with Crippen LogP contribution in [0.3, 0.4) is 0 Å². The summed E-state index contributed by atoms with van der Waals surface area (Å²) in [5.41, 5.74) is 5.98. The largest absolute Gasteiger partial charge is 0.309 e. The van der Waals surface area contributed by atoms with Crippen molar-refractivity contribution in [2.45, 2.75) is 0 Å². The van der Waals surface area contributed by atoms with Gasteiger partial charge in [-0.25, -0.2) is 0 Å². The molecule has 0 aliphatic heterocycles. The Bertz CT molecular complexity index is 2190. The molecule has 0 saturated heterocycles. The van der Waals surface area contributed by atoms with Crippen molar-refractivity contribution in [3.8, 4) is 16.8 Å². The van der Waals surface area contributed by atoms with Gasteiger partial charge in [0.05, 0.1) is 11.0 Å². The Kier molecular flexibility index (Phi) is 4.64. The molecule has 1 nitrogen and oxygen atoms in total. The number of rotatable bonds is 2. The normalized spacial score (nSPS) is 11.8. The highest BCUT2D eigenvalue weighted by molar-refractivity contribution is 6.40. The first kappa shape index (κ1) is 21.5. The molecule has 178 valence electrons. The van der Waals surface area contributed by atoms with E-state index in [0.29, 0.717) is 0 Å². The lowest BCUT2D eigenvalue weighted by molar-refractivity contribution is 1.18. The molecule has 0 bridgehead atoms. The number of para-hydroxylation sites is 2. The standard InChI is InChI=1S/C36H22ClN/c37-33-15-8-14-30-27-12-5-4-11-26(27)28-19-17-23(22-32(28)36(30)33)24-18-20-35-31(21-24)29-13-6-7-16-34(29)38(35)25-9-2-1-3-10-25/h1-22H. The van der Waals surface area contributed by atoms with Gasteiger partial charge in [0.2, 0.25) is 0 Å². The summed E-state index contributed by atoms with van der Waals surface area (Å²) in [7, 11) is 0. The van der Waals surface area contributed by atoms with Crippen LogP contribution < -0.4 is 0 Å². The summed E-state index contributed by atoms with van der Waals surface area (Å²) in [4.78, 5) is 0. The van der Waals surface area contributed by atoms with Crippen LogP contribution in [-0.4, -0.2) is 4.57 Å². The second kappa shape index (κ2) is 8.21. The minimum Gasteiger partial charge on any atom is -0.309 e. The molecule has 0 N–H and O–H groups in total. The van der Waals surface area contributed by atoms with Crippen molar-refractivity contribution in [1.29, 1.82) is 0 Å². The molecule has 0 saturated carbocycles. The molecule has 0 fully saturated rings. The van der Waals surface area contributed by atoms with E-state index in [1.165, 1.54) is 65.6 Å². The van der Waals surface area contributed by atoms with Crippen LogP contribution in [0.15, 0.2) is 133 Å². The van der Waals surface area contributed by atoms with Gasteiger partial charge in [0, 0.05) is 26.9 Å². The molecule has 0 spiro atoms. The van der Waals surface area contributed by atoms with Crippen LogP contribution in [0.1, 0.15) is 0 Å². The monoisotopic (exact) mass is 503 g/mol. The van der Waals surface area contributed by atoms with Gasteiger partial charge in [-0.15, -0.1) is 0 Å². The molecule has 0 unspecified atom stereocenters. The first-order valence-corrected chi connectivity index (χ1v) is 13.3. The number of halogens is 1. The van der Waals surface area contributed by atoms with E-state index in [4.69, 9.17) is 11.6 Å². The van der Waals surface area contributed by atoms with Crippen molar-refractivity contribution >= 4 is 65.7 Å². The summed E-state index contributed by atoms with van der Waals surface area (Å²) in [6, 6.07) is 47.8. The minimum atomic E-state index is 0.789. The van der Waals surface area contributed by atoms with Crippen LogP contribution in [0.4, 0.5) is 0 Å². The maximum Gasteiger partial charge on any atom is 0.0541 e. The topological polar surface area (TPSA) is 4.93 Å². The molecule has 0 aliphatic carbocycles. The summed E-state index contributed by atoms with van der Waals surface area (Å²) in [6.45, 7) is 0. The summed E-state index contributed by atoms with van der Waals surface area (Å²) in [6.07, 6.45) is 0. The van der Waals surface area contributed by atoms with Crippen LogP contribution in [-0.2, 0) is 0 Å². The summed E-state index contributed by atoms with van der Waals surface area (Å²) < 4.78 is 2.36. The zero-order valence-corrected chi connectivity index (χ0v) is 21.3. The van der Waals surface area contributed by atoms with Crippen molar-refractivity contribution in [1.82, 2.24) is 4.57 Å². The van der Waals surface area contributed by atoms with Gasteiger partial charge >= 0.3 is 0 Å². The van der Waals surface area contributed by atoms with E-state index < -0.39 is 0 Å². The number of aromatic nitrogens is 1. The van der Waals surface area contributed by atoms with Gasteiger partial charge in [0.15, 0.2) is 0 Å². The zero-order valence-electron chi connectivity index (χ0n) is 20.5. The first-order valence-electron chi connectivity index (χ1n) is 12.9. The number of nitrogens with zero attached hydrogens (tertiary/aromatic N) is 1. The van der Waals surface area contributed by atoms with Crippen molar-refractivity contribution in [2.75, 3.05) is 0 Å². The molecule has 0 atom stereocenters. The summed E-state index contributed by atoms with van der Waals surface area (Å²) in [5.74, 6) is 0. The highest BCUT2D eigenvalue weighted by Crippen LogP contribution is 2.41. The number of fused-ring (bicyclic) bond motifs is 9. The van der Waals surface area contributed by atoms with Crippen LogP contribution >= 0.6 is 11.6 Å². The van der Waals surface area contributed by atoms with Gasteiger partial charge in [-0.2, -0.15) is 0 Å². The Labute approximate surface area is 225 Å². The van der Waals surface area contributed by atoms with Crippen molar-refractivity contribution in [2.24, 2.45) is 0 Å². The third-order valence-corrected chi connectivity index (χ3v) is 8.15. The average Bonchev–Trinajstić information content (AvgIpc) is 3.31. The van der Waals surface area contributed by atoms with Crippen molar-refractivity contribution in [3.05, 3.63) is 138 Å². The van der Waals surface area contributed by atoms with Crippen LogP contribution in [0, 0.1) is 0 Å². The Morgan fingerprint density at radius 1 is 0.395 bits per heavy atom. The molecule has 8 aromatic rings. The molecule has 7 aromatic carbocycles. The predicted molar refractivity (Wildman–Crippen MR) is 164 cm³/mol. The molecule has 1 aromatic heterocycles. The maximum atomic E-state index is 6.84. The van der Waals surface area contributed by atoms with Gasteiger partial charge in [-0.3, -0.25) is 0 Å². The van der Waals surface area contributed by atoms with Crippen molar-refractivity contribution < 1.29 is 0 Å². The van der Waals surface area contributed by atoms with Gasteiger partial charge < -0.3 is 4.57 Å². The van der Waals surface area contributed by atoms with Gasteiger partial charge in [0.25, 0.3) is 0 Å². The SMILES string of the molecule is Clc1cccc2c3ccccc3c3ccc(-c4ccc5c(c4)c4ccccc4n5-c4ccccc4)cc3c12. The second-order valence-electron chi connectivity index (χ2n) is 9.89. The zero-order chi connectivity index (χ0) is 25.2. The van der Waals surface area contributed by atoms with Crippen LogP contribution in [0.2, 0.25) is 5.02 Å². The number of hydrogen-bond acceptors (Lipinski definition) is 0. The molecule has 0 aliphatic rings. The van der Waals surface area contributed by atoms with E-state index >= 15 is 0 Å². The number of benzene rings is 7. The maximum absolute atomic E-state index is 6.84. The summed E-state index contributed by atoms with van der Waals surface area (Å²) >= 11 is 6.84. The molecule has 8 rings (SSSR count). The first-order chi connectivity index (χ1) is 18.8. The molecule has 2 heteroatoms. The molecule has 38 heavy (non-hydrogen) atoms.